The summed E-state index contributed by atoms with van der Waals surface area (Å²) in [6, 6.07) is 17.4. The van der Waals surface area contributed by atoms with Gasteiger partial charge in [-0.05, 0) is 117 Å². The van der Waals surface area contributed by atoms with E-state index in [-0.39, 0.29) is 14.9 Å². The fraction of sp³-hybridized carbons (Fsp3) is 0.556. The van der Waals surface area contributed by atoms with Crippen molar-refractivity contribution in [3.63, 3.8) is 0 Å². The van der Waals surface area contributed by atoms with Crippen LogP contribution in [0.2, 0.25) is 0 Å². The van der Waals surface area contributed by atoms with Crippen LogP contribution in [-0.4, -0.2) is 10.2 Å². The van der Waals surface area contributed by atoms with Crippen molar-refractivity contribution in [1.29, 1.82) is 0 Å². The van der Waals surface area contributed by atoms with Crippen LogP contribution >= 0.6 is 0 Å². The van der Waals surface area contributed by atoms with Gasteiger partial charge < -0.3 is 10.2 Å². The molecule has 4 saturated carbocycles. The zero-order valence-corrected chi connectivity index (χ0v) is 22.3. The summed E-state index contributed by atoms with van der Waals surface area (Å²) < 4.78 is 0. The first-order valence-corrected chi connectivity index (χ1v) is 14.5. The van der Waals surface area contributed by atoms with Crippen LogP contribution in [-0.2, 0) is 0 Å². The molecule has 2 aromatic carbocycles. The van der Waals surface area contributed by atoms with Gasteiger partial charge in [0.2, 0.25) is 0 Å². The Labute approximate surface area is 233 Å². The summed E-state index contributed by atoms with van der Waals surface area (Å²) in [5.41, 5.74) is 0. The van der Waals surface area contributed by atoms with Crippen LogP contribution in [0, 0.1) is 47.3 Å². The number of para-hydroxylation sites is 2. The molecule has 0 aromatic heterocycles. The minimum atomic E-state index is 0. The number of phenols is 2. The van der Waals surface area contributed by atoms with Crippen molar-refractivity contribution in [2.24, 2.45) is 47.3 Å². The van der Waals surface area contributed by atoms with Crippen molar-refractivity contribution >= 4 is 0 Å². The number of fused-ring (bicyclic) bond motifs is 10. The van der Waals surface area contributed by atoms with Crippen molar-refractivity contribution < 1.29 is 10.2 Å². The Morgan fingerprint density at radius 3 is 1.53 bits per heavy atom. The van der Waals surface area contributed by atoms with Crippen LogP contribution in [0.25, 0.3) is 0 Å². The Kier molecular flexibility index (Phi) is 13.2. The number of hydrogen-bond acceptors (Lipinski definition) is 2. The molecule has 4 fully saturated rings. The molecule has 8 rings (SSSR count). The summed E-state index contributed by atoms with van der Waals surface area (Å²) >= 11 is 0. The second-order valence-electron chi connectivity index (χ2n) is 11.1. The first-order valence-electron chi connectivity index (χ1n) is 14.5. The number of benzene rings is 2. The lowest BCUT2D eigenvalue weighted by Gasteiger charge is -2.23. The van der Waals surface area contributed by atoms with E-state index in [1.165, 1.54) is 36.5 Å². The van der Waals surface area contributed by atoms with Gasteiger partial charge in [-0.1, -0.05) is 95.8 Å². The molecular weight excluding hydrogens is 464 g/mol. The van der Waals surface area contributed by atoms with Crippen molar-refractivity contribution in [2.45, 2.75) is 80.1 Å². The molecule has 4 bridgehead atoms. The molecular formula is C36H54O2. The monoisotopic (exact) mass is 518 g/mol. The average Bonchev–Trinajstić information content (AvgIpc) is 3.76. The smallest absolute Gasteiger partial charge is 0.115 e. The standard InChI is InChI=1S/C10H16.C10H12.2C6H6O.C2H6.2CH4/c2*1-2-9-7-4-5-8(6-7)10(9)3-1;2*7-6-4-2-1-3-5-6;1-2;;/h7-10H,1-6H2;1-2,4-5,7-10H,3,6H2;2*1-5,7H;1-2H3;2*1H4. The normalized spacial score (nSPS) is 32.8. The van der Waals surface area contributed by atoms with Gasteiger partial charge in [0.1, 0.15) is 11.5 Å². The Bertz CT molecular complexity index is 896. The molecule has 0 spiro atoms. The molecule has 2 heteroatoms. The average molecular weight is 519 g/mol. The van der Waals surface area contributed by atoms with Gasteiger partial charge in [0.05, 0.1) is 0 Å². The van der Waals surface area contributed by atoms with E-state index < -0.39 is 0 Å². The summed E-state index contributed by atoms with van der Waals surface area (Å²) in [4.78, 5) is 0. The summed E-state index contributed by atoms with van der Waals surface area (Å²) in [5, 5.41) is 17.3. The largest absolute Gasteiger partial charge is 0.508 e. The third-order valence-electron chi connectivity index (χ3n) is 9.32. The summed E-state index contributed by atoms with van der Waals surface area (Å²) in [6.07, 6.45) is 22.0. The van der Waals surface area contributed by atoms with Gasteiger partial charge in [-0.25, -0.2) is 0 Å². The Morgan fingerprint density at radius 1 is 0.579 bits per heavy atom. The maximum atomic E-state index is 8.63. The van der Waals surface area contributed by atoms with Crippen LogP contribution in [0.1, 0.15) is 80.1 Å². The number of rotatable bonds is 0. The van der Waals surface area contributed by atoms with E-state index in [9.17, 15) is 0 Å². The highest BCUT2D eigenvalue weighted by molar-refractivity contribution is 5.22. The van der Waals surface area contributed by atoms with E-state index in [0.29, 0.717) is 11.5 Å². The molecule has 0 amide bonds. The summed E-state index contributed by atoms with van der Waals surface area (Å²) in [7, 11) is 0. The van der Waals surface area contributed by atoms with Gasteiger partial charge in [-0.3, -0.25) is 0 Å². The molecule has 2 aromatic rings. The van der Waals surface area contributed by atoms with E-state index in [4.69, 9.17) is 10.2 Å². The third-order valence-corrected chi connectivity index (χ3v) is 9.32. The van der Waals surface area contributed by atoms with Gasteiger partial charge in [-0.2, -0.15) is 0 Å². The van der Waals surface area contributed by atoms with Crippen molar-refractivity contribution in [3.05, 3.63) is 85.0 Å². The minimum Gasteiger partial charge on any atom is -0.508 e. The highest BCUT2D eigenvalue weighted by atomic mass is 16.3. The topological polar surface area (TPSA) is 40.5 Å². The molecule has 6 aliphatic carbocycles. The van der Waals surface area contributed by atoms with E-state index in [2.05, 4.69) is 24.3 Å². The van der Waals surface area contributed by atoms with Crippen molar-refractivity contribution in [2.75, 3.05) is 0 Å². The van der Waals surface area contributed by atoms with Gasteiger partial charge >= 0.3 is 0 Å². The number of hydrogen-bond donors (Lipinski definition) is 2. The molecule has 38 heavy (non-hydrogen) atoms. The van der Waals surface area contributed by atoms with Gasteiger partial charge in [0, 0.05) is 0 Å². The van der Waals surface area contributed by atoms with Crippen LogP contribution in [0.15, 0.2) is 85.0 Å². The molecule has 2 N–H and O–H groups in total. The second-order valence-corrected chi connectivity index (χ2v) is 11.1. The lowest BCUT2D eigenvalue weighted by molar-refractivity contribution is 0.259. The van der Waals surface area contributed by atoms with Gasteiger partial charge in [0.15, 0.2) is 0 Å². The highest BCUT2D eigenvalue weighted by Gasteiger charge is 2.48. The zero-order valence-electron chi connectivity index (χ0n) is 22.3. The Morgan fingerprint density at radius 2 is 1.08 bits per heavy atom. The van der Waals surface area contributed by atoms with E-state index in [1.54, 1.807) is 87.1 Å². The fourth-order valence-corrected chi connectivity index (χ4v) is 7.85. The van der Waals surface area contributed by atoms with Crippen LogP contribution in [0.5, 0.6) is 11.5 Å². The molecule has 8 atom stereocenters. The zero-order chi connectivity index (χ0) is 25.3. The van der Waals surface area contributed by atoms with E-state index in [0.717, 1.165) is 23.7 Å². The van der Waals surface area contributed by atoms with Crippen LogP contribution in [0.4, 0.5) is 0 Å². The minimum absolute atomic E-state index is 0. The first kappa shape index (κ1) is 31.7. The quantitative estimate of drug-likeness (QED) is 0.341. The molecule has 2 nitrogen and oxygen atoms in total. The maximum absolute atomic E-state index is 8.63. The molecule has 0 aliphatic heterocycles. The predicted molar refractivity (Wildman–Crippen MR) is 164 cm³/mol. The molecule has 0 saturated heterocycles. The van der Waals surface area contributed by atoms with E-state index in [1.807, 2.05) is 26.0 Å². The number of aromatic hydroxyl groups is 2. The number of phenolic OH excluding ortho intramolecular Hbond substituents is 2. The van der Waals surface area contributed by atoms with E-state index >= 15 is 0 Å². The number of allylic oxidation sites excluding steroid dienone is 4. The van der Waals surface area contributed by atoms with Crippen molar-refractivity contribution in [1.82, 2.24) is 0 Å². The summed E-state index contributed by atoms with van der Waals surface area (Å²) in [6.45, 7) is 4.00. The summed E-state index contributed by atoms with van der Waals surface area (Å²) in [5.74, 6) is 9.27. The molecule has 210 valence electrons. The van der Waals surface area contributed by atoms with Crippen LogP contribution in [0.3, 0.4) is 0 Å². The first-order chi connectivity index (χ1) is 17.7. The van der Waals surface area contributed by atoms with Crippen molar-refractivity contribution in [3.8, 4) is 11.5 Å². The van der Waals surface area contributed by atoms with Gasteiger partial charge in [0.25, 0.3) is 0 Å². The lowest BCUT2D eigenvalue weighted by atomic mass is 9.82. The van der Waals surface area contributed by atoms with Gasteiger partial charge in [-0.15, -0.1) is 0 Å². The highest BCUT2D eigenvalue weighted by Crippen LogP contribution is 2.58. The Balaban J connectivity index is 0.000000174. The second kappa shape index (κ2) is 15.8. The molecule has 8 unspecified atom stereocenters. The maximum Gasteiger partial charge on any atom is 0.115 e. The fourth-order valence-electron chi connectivity index (χ4n) is 7.85. The predicted octanol–water partition coefficient (Wildman–Crippen LogP) is 10.3. The molecule has 0 radical (unpaired) electrons. The SMILES string of the molecule is C.C.C1=CC2C3C=CC(C3)C2C1.C1CC2C3CCC(C3)C2C1.CC.Oc1ccccc1.Oc1ccccc1. The molecule has 6 aliphatic rings. The van der Waals surface area contributed by atoms with Crippen LogP contribution < -0.4 is 0 Å². The molecule has 0 heterocycles. The Hall–Kier alpha value is -2.48. The third kappa shape index (κ3) is 7.78. The lowest BCUT2D eigenvalue weighted by Crippen LogP contribution is -2.15.